The first-order valence-corrected chi connectivity index (χ1v) is 4.45. The average molecular weight is 203 g/mol. The zero-order valence-corrected chi connectivity index (χ0v) is 7.84. The van der Waals surface area contributed by atoms with E-state index in [4.69, 9.17) is 5.11 Å². The lowest BCUT2D eigenvalue weighted by Crippen LogP contribution is -2.09. The van der Waals surface area contributed by atoms with Crippen LogP contribution in [0.15, 0.2) is 35.3 Å². The van der Waals surface area contributed by atoms with Crippen LogP contribution in [0.4, 0.5) is 0 Å². The highest BCUT2D eigenvalue weighted by Crippen LogP contribution is 2.20. The third kappa shape index (κ3) is 1.74. The Hall–Kier alpha value is -2.10. The highest BCUT2D eigenvalue weighted by atomic mass is 16.4. The standard InChI is InChI=1S/C11H9NO3/c13-10-5-9(11(14)15)12-6-7-3-1-2-4-8(7)10/h1-5,13H,6H2,(H,14,15). The molecule has 2 rings (SSSR count). The fourth-order valence-corrected chi connectivity index (χ4v) is 1.46. The molecule has 0 unspecified atom stereocenters. The number of aliphatic hydroxyl groups is 1. The number of fused-ring (bicyclic) bond motifs is 1. The molecule has 0 spiro atoms. The second-order valence-electron chi connectivity index (χ2n) is 3.19. The molecule has 0 fully saturated rings. The maximum Gasteiger partial charge on any atom is 0.354 e. The fourth-order valence-electron chi connectivity index (χ4n) is 1.46. The summed E-state index contributed by atoms with van der Waals surface area (Å²) < 4.78 is 0. The van der Waals surface area contributed by atoms with E-state index in [0.29, 0.717) is 5.56 Å². The van der Waals surface area contributed by atoms with Crippen molar-refractivity contribution in [2.45, 2.75) is 6.54 Å². The topological polar surface area (TPSA) is 69.9 Å². The number of aliphatic imine (C=N–C) groups is 1. The molecule has 0 saturated heterocycles. The van der Waals surface area contributed by atoms with Gasteiger partial charge in [0.25, 0.3) is 0 Å². The van der Waals surface area contributed by atoms with Crippen molar-refractivity contribution < 1.29 is 15.0 Å². The van der Waals surface area contributed by atoms with Gasteiger partial charge >= 0.3 is 5.97 Å². The van der Waals surface area contributed by atoms with E-state index in [1.54, 1.807) is 12.1 Å². The summed E-state index contributed by atoms with van der Waals surface area (Å²) in [5, 5.41) is 18.5. The minimum atomic E-state index is -1.13. The van der Waals surface area contributed by atoms with Gasteiger partial charge in [-0.1, -0.05) is 24.3 Å². The van der Waals surface area contributed by atoms with Gasteiger partial charge in [-0.2, -0.15) is 0 Å². The van der Waals surface area contributed by atoms with Crippen molar-refractivity contribution in [2.75, 3.05) is 0 Å². The normalized spacial score (nSPS) is 14.7. The monoisotopic (exact) mass is 203 g/mol. The van der Waals surface area contributed by atoms with Gasteiger partial charge in [-0.25, -0.2) is 4.79 Å². The number of carbonyl (C=O) groups is 1. The minimum absolute atomic E-state index is 0.0516. The molecular weight excluding hydrogens is 194 g/mol. The molecule has 1 aromatic carbocycles. The molecule has 0 atom stereocenters. The van der Waals surface area contributed by atoms with Crippen LogP contribution in [0, 0.1) is 0 Å². The van der Waals surface area contributed by atoms with Crippen LogP contribution in [-0.4, -0.2) is 21.9 Å². The highest BCUT2D eigenvalue weighted by Gasteiger charge is 2.14. The first kappa shape index (κ1) is 9.45. The largest absolute Gasteiger partial charge is 0.507 e. The molecule has 0 aromatic heterocycles. The Bertz CT molecular complexity index is 474. The number of rotatable bonds is 1. The van der Waals surface area contributed by atoms with Crippen LogP contribution in [0.2, 0.25) is 0 Å². The Labute approximate surface area is 86.2 Å². The lowest BCUT2D eigenvalue weighted by Gasteiger charge is -2.02. The summed E-state index contributed by atoms with van der Waals surface area (Å²) in [6, 6.07) is 7.16. The summed E-state index contributed by atoms with van der Waals surface area (Å²) in [4.78, 5) is 14.6. The molecule has 1 aromatic rings. The maximum absolute atomic E-state index is 10.7. The average Bonchev–Trinajstić information content (AvgIpc) is 2.39. The van der Waals surface area contributed by atoms with Gasteiger partial charge in [-0.05, 0) is 5.56 Å². The zero-order valence-electron chi connectivity index (χ0n) is 7.84. The van der Waals surface area contributed by atoms with Crippen molar-refractivity contribution in [2.24, 2.45) is 4.99 Å². The van der Waals surface area contributed by atoms with E-state index in [1.807, 2.05) is 12.1 Å². The number of carboxylic acids is 1. The van der Waals surface area contributed by atoms with Crippen LogP contribution >= 0.6 is 0 Å². The number of aliphatic carboxylic acids is 1. The van der Waals surface area contributed by atoms with Crippen molar-refractivity contribution in [3.05, 3.63) is 41.5 Å². The SMILES string of the molecule is O=C(O)C1=NCc2ccccc2C(O)=C1. The predicted octanol–water partition coefficient (Wildman–Crippen LogP) is 1.62. The molecule has 0 amide bonds. The summed E-state index contributed by atoms with van der Waals surface area (Å²) in [6.07, 6.45) is 1.17. The van der Waals surface area contributed by atoms with E-state index in [2.05, 4.69) is 4.99 Å². The second kappa shape index (κ2) is 3.57. The van der Waals surface area contributed by atoms with E-state index in [9.17, 15) is 9.90 Å². The Morgan fingerprint density at radius 3 is 2.80 bits per heavy atom. The Morgan fingerprint density at radius 2 is 2.07 bits per heavy atom. The fraction of sp³-hybridized carbons (Fsp3) is 0.0909. The van der Waals surface area contributed by atoms with E-state index in [-0.39, 0.29) is 18.0 Å². The third-order valence-corrected chi connectivity index (χ3v) is 2.21. The summed E-state index contributed by atoms with van der Waals surface area (Å²) in [6.45, 7) is 0.276. The van der Waals surface area contributed by atoms with Crippen molar-refractivity contribution in [1.82, 2.24) is 0 Å². The summed E-state index contributed by atoms with van der Waals surface area (Å²) >= 11 is 0. The van der Waals surface area contributed by atoms with Gasteiger partial charge in [0.05, 0.1) is 6.54 Å². The number of benzene rings is 1. The molecule has 1 aliphatic rings. The van der Waals surface area contributed by atoms with Crippen LogP contribution in [0.3, 0.4) is 0 Å². The molecule has 76 valence electrons. The van der Waals surface area contributed by atoms with Gasteiger partial charge < -0.3 is 10.2 Å². The van der Waals surface area contributed by atoms with Crippen molar-refractivity contribution in [3.8, 4) is 0 Å². The molecule has 0 aliphatic carbocycles. The van der Waals surface area contributed by atoms with E-state index < -0.39 is 5.97 Å². The van der Waals surface area contributed by atoms with Gasteiger partial charge in [0.1, 0.15) is 11.5 Å². The molecule has 4 nitrogen and oxygen atoms in total. The first-order chi connectivity index (χ1) is 7.18. The molecule has 15 heavy (non-hydrogen) atoms. The van der Waals surface area contributed by atoms with Gasteiger partial charge in [-0.3, -0.25) is 4.99 Å². The first-order valence-electron chi connectivity index (χ1n) is 4.45. The third-order valence-electron chi connectivity index (χ3n) is 2.21. The van der Waals surface area contributed by atoms with Gasteiger partial charge in [0.15, 0.2) is 0 Å². The molecule has 0 radical (unpaired) electrons. The van der Waals surface area contributed by atoms with Crippen LogP contribution in [0.5, 0.6) is 0 Å². The van der Waals surface area contributed by atoms with Crippen LogP contribution in [0.25, 0.3) is 5.76 Å². The predicted molar refractivity (Wildman–Crippen MR) is 55.8 cm³/mol. The number of aliphatic hydroxyl groups excluding tert-OH is 1. The van der Waals surface area contributed by atoms with Gasteiger partial charge in [-0.15, -0.1) is 0 Å². The van der Waals surface area contributed by atoms with Crippen molar-refractivity contribution in [3.63, 3.8) is 0 Å². The van der Waals surface area contributed by atoms with Gasteiger partial charge in [0.2, 0.25) is 0 Å². The van der Waals surface area contributed by atoms with Gasteiger partial charge in [0, 0.05) is 11.6 Å². The minimum Gasteiger partial charge on any atom is -0.507 e. The zero-order chi connectivity index (χ0) is 10.8. The molecule has 0 saturated carbocycles. The van der Waals surface area contributed by atoms with Crippen molar-refractivity contribution in [1.29, 1.82) is 0 Å². The molecular formula is C11H9NO3. The lowest BCUT2D eigenvalue weighted by atomic mass is 10.1. The van der Waals surface area contributed by atoms with Crippen molar-refractivity contribution >= 4 is 17.4 Å². The quantitative estimate of drug-likeness (QED) is 0.728. The Kier molecular flexibility index (Phi) is 2.25. The summed E-state index contributed by atoms with van der Waals surface area (Å²) in [5.74, 6) is -1.18. The summed E-state index contributed by atoms with van der Waals surface area (Å²) in [5.41, 5.74) is 1.34. The van der Waals surface area contributed by atoms with E-state index >= 15 is 0 Å². The lowest BCUT2D eigenvalue weighted by molar-refractivity contribution is -0.129. The van der Waals surface area contributed by atoms with Crippen LogP contribution in [-0.2, 0) is 11.3 Å². The highest BCUT2D eigenvalue weighted by molar-refractivity contribution is 6.41. The molecule has 2 N–H and O–H groups in total. The van der Waals surface area contributed by atoms with E-state index in [0.717, 1.165) is 5.56 Å². The number of nitrogens with zero attached hydrogens (tertiary/aromatic N) is 1. The summed E-state index contributed by atoms with van der Waals surface area (Å²) in [7, 11) is 0. The molecule has 1 aliphatic heterocycles. The smallest absolute Gasteiger partial charge is 0.354 e. The maximum atomic E-state index is 10.7. The second-order valence-corrected chi connectivity index (χ2v) is 3.19. The number of hydrogen-bond donors (Lipinski definition) is 2. The molecule has 4 heteroatoms. The Balaban J connectivity index is 2.52. The number of hydrogen-bond acceptors (Lipinski definition) is 3. The van der Waals surface area contributed by atoms with Crippen LogP contribution < -0.4 is 0 Å². The van der Waals surface area contributed by atoms with E-state index in [1.165, 1.54) is 6.08 Å². The molecule has 1 heterocycles. The molecule has 0 bridgehead atoms. The number of carboxylic acid groups (broad SMARTS) is 1. The Morgan fingerprint density at radius 1 is 1.33 bits per heavy atom. The van der Waals surface area contributed by atoms with Crippen LogP contribution in [0.1, 0.15) is 11.1 Å².